The minimum atomic E-state index is -3.58. The minimum Gasteiger partial charge on any atom is -0.273 e. The lowest BCUT2D eigenvalue weighted by Gasteiger charge is -2.27. The fourth-order valence-corrected chi connectivity index (χ4v) is 5.10. The topological polar surface area (TPSA) is 104 Å². The second-order valence-electron chi connectivity index (χ2n) is 6.94. The predicted octanol–water partition coefficient (Wildman–Crippen LogP) is 2.95. The van der Waals surface area contributed by atoms with E-state index in [1.807, 2.05) is 0 Å². The van der Waals surface area contributed by atoms with Crippen LogP contribution in [0.2, 0.25) is 5.02 Å². The first-order chi connectivity index (χ1) is 13.8. The highest BCUT2D eigenvalue weighted by Gasteiger charge is 2.27. The zero-order valence-corrected chi connectivity index (χ0v) is 17.9. The van der Waals surface area contributed by atoms with Gasteiger partial charge in [0.1, 0.15) is 0 Å². The molecule has 2 aromatic rings. The van der Waals surface area contributed by atoms with Gasteiger partial charge in [-0.05, 0) is 67.3 Å². The summed E-state index contributed by atoms with van der Waals surface area (Å²) in [5.74, 6) is -0.571. The van der Waals surface area contributed by atoms with E-state index in [2.05, 4.69) is 15.6 Å². The van der Waals surface area contributed by atoms with Crippen LogP contribution in [-0.2, 0) is 14.8 Å². The molecule has 0 bridgehead atoms. The maximum absolute atomic E-state index is 12.3. The van der Waals surface area contributed by atoms with E-state index in [0.717, 1.165) is 12.8 Å². The first-order valence-electron chi connectivity index (χ1n) is 9.24. The van der Waals surface area contributed by atoms with Crippen LogP contribution in [0.5, 0.6) is 0 Å². The molecule has 1 aliphatic rings. The molecule has 3 N–H and O–H groups in total. The Morgan fingerprint density at radius 3 is 2.34 bits per heavy atom. The Morgan fingerprint density at radius 1 is 1.03 bits per heavy atom. The molecule has 1 aliphatic carbocycles. The highest BCUT2D eigenvalue weighted by molar-refractivity contribution is 7.89. The van der Waals surface area contributed by atoms with Gasteiger partial charge in [0, 0.05) is 17.5 Å². The number of hydrazine groups is 1. The van der Waals surface area contributed by atoms with Gasteiger partial charge in [0.2, 0.25) is 15.9 Å². The Kier molecular flexibility index (Phi) is 7.28. The van der Waals surface area contributed by atoms with Gasteiger partial charge in [-0.2, -0.15) is 0 Å². The van der Waals surface area contributed by atoms with Gasteiger partial charge in [0.05, 0.1) is 9.77 Å². The third-order valence-corrected chi connectivity index (χ3v) is 7.51. The van der Waals surface area contributed by atoms with Crippen molar-refractivity contribution in [2.75, 3.05) is 6.54 Å². The first kappa shape index (κ1) is 21.8. The SMILES string of the molecule is O=C(NNC(=O)C1CCC(CNS(=O)(=O)c2ccc(Cl)cc2)CC1)c1cccs1. The molecule has 0 spiro atoms. The van der Waals surface area contributed by atoms with Crippen molar-refractivity contribution < 1.29 is 18.0 Å². The summed E-state index contributed by atoms with van der Waals surface area (Å²) >= 11 is 7.09. The van der Waals surface area contributed by atoms with E-state index >= 15 is 0 Å². The third-order valence-electron chi connectivity index (χ3n) is 4.95. The maximum Gasteiger partial charge on any atom is 0.279 e. The highest BCUT2D eigenvalue weighted by Crippen LogP contribution is 2.28. The summed E-state index contributed by atoms with van der Waals surface area (Å²) in [6.07, 6.45) is 2.77. The van der Waals surface area contributed by atoms with Crippen molar-refractivity contribution in [3.63, 3.8) is 0 Å². The summed E-state index contributed by atoms with van der Waals surface area (Å²) in [7, 11) is -3.58. The van der Waals surface area contributed by atoms with E-state index < -0.39 is 10.0 Å². The Bertz CT molecular complexity index is 938. The van der Waals surface area contributed by atoms with Gasteiger partial charge in [-0.1, -0.05) is 17.7 Å². The molecule has 1 aromatic carbocycles. The maximum atomic E-state index is 12.3. The van der Waals surface area contributed by atoms with Crippen LogP contribution in [-0.4, -0.2) is 26.8 Å². The van der Waals surface area contributed by atoms with Crippen molar-refractivity contribution in [3.05, 3.63) is 51.7 Å². The van der Waals surface area contributed by atoms with E-state index in [1.54, 1.807) is 17.5 Å². The molecule has 1 saturated carbocycles. The van der Waals surface area contributed by atoms with Gasteiger partial charge in [-0.3, -0.25) is 20.4 Å². The van der Waals surface area contributed by atoms with Crippen LogP contribution < -0.4 is 15.6 Å². The number of carbonyl (C=O) groups is 2. The fraction of sp³-hybridized carbons (Fsp3) is 0.368. The summed E-state index contributed by atoms with van der Waals surface area (Å²) in [6, 6.07) is 9.47. The lowest BCUT2D eigenvalue weighted by Crippen LogP contribution is -2.45. The normalized spacial score (nSPS) is 19.5. The van der Waals surface area contributed by atoms with Gasteiger partial charge in [0.15, 0.2) is 0 Å². The molecule has 7 nitrogen and oxygen atoms in total. The van der Waals surface area contributed by atoms with Crippen LogP contribution >= 0.6 is 22.9 Å². The molecule has 1 heterocycles. The molecule has 0 atom stereocenters. The van der Waals surface area contributed by atoms with E-state index in [0.29, 0.717) is 29.3 Å². The molecule has 0 aliphatic heterocycles. The number of nitrogens with one attached hydrogen (secondary N) is 3. The highest BCUT2D eigenvalue weighted by atomic mass is 35.5. The minimum absolute atomic E-state index is 0.168. The molecule has 1 aromatic heterocycles. The Labute approximate surface area is 178 Å². The number of thiophene rings is 1. The van der Waals surface area contributed by atoms with Crippen molar-refractivity contribution in [3.8, 4) is 0 Å². The third kappa shape index (κ3) is 6.02. The average molecular weight is 456 g/mol. The van der Waals surface area contributed by atoms with Crippen molar-refractivity contribution in [1.82, 2.24) is 15.6 Å². The summed E-state index contributed by atoms with van der Waals surface area (Å²) in [6.45, 7) is 0.328. The number of benzene rings is 1. The number of hydrogen-bond donors (Lipinski definition) is 3. The second-order valence-corrected chi connectivity index (χ2v) is 10.1. The van der Waals surface area contributed by atoms with E-state index in [9.17, 15) is 18.0 Å². The molecular formula is C19H22ClN3O4S2. The summed E-state index contributed by atoms with van der Waals surface area (Å²) in [5, 5.41) is 2.27. The van der Waals surface area contributed by atoms with Gasteiger partial charge in [-0.25, -0.2) is 13.1 Å². The van der Waals surface area contributed by atoms with Gasteiger partial charge >= 0.3 is 0 Å². The van der Waals surface area contributed by atoms with Crippen LogP contribution in [0.1, 0.15) is 35.4 Å². The Hall–Kier alpha value is -1.94. The lowest BCUT2D eigenvalue weighted by molar-refractivity contribution is -0.127. The van der Waals surface area contributed by atoms with Crippen LogP contribution in [0.4, 0.5) is 0 Å². The lowest BCUT2D eigenvalue weighted by atomic mass is 9.82. The van der Waals surface area contributed by atoms with Crippen molar-refractivity contribution >= 4 is 44.8 Å². The van der Waals surface area contributed by atoms with Crippen molar-refractivity contribution in [1.29, 1.82) is 0 Å². The number of hydrogen-bond acceptors (Lipinski definition) is 5. The summed E-state index contributed by atoms with van der Waals surface area (Å²) < 4.78 is 27.3. The molecule has 0 unspecified atom stereocenters. The van der Waals surface area contributed by atoms with Crippen LogP contribution in [0.15, 0.2) is 46.7 Å². The fourth-order valence-electron chi connectivity index (χ4n) is 3.24. The molecular weight excluding hydrogens is 434 g/mol. The number of rotatable bonds is 6. The van der Waals surface area contributed by atoms with E-state index in [-0.39, 0.29) is 28.5 Å². The summed E-state index contributed by atoms with van der Waals surface area (Å²) in [5.41, 5.74) is 4.91. The molecule has 2 amide bonds. The van der Waals surface area contributed by atoms with Crippen molar-refractivity contribution in [2.24, 2.45) is 11.8 Å². The molecule has 0 radical (unpaired) electrons. The van der Waals surface area contributed by atoms with Crippen molar-refractivity contribution in [2.45, 2.75) is 30.6 Å². The first-order valence-corrected chi connectivity index (χ1v) is 12.0. The quantitative estimate of drug-likeness (QED) is 0.582. The van der Waals surface area contributed by atoms with Crippen LogP contribution in [0.3, 0.4) is 0 Å². The molecule has 1 fully saturated rings. The number of carbonyl (C=O) groups excluding carboxylic acids is 2. The van der Waals surface area contributed by atoms with Gasteiger partial charge in [0.25, 0.3) is 5.91 Å². The van der Waals surface area contributed by atoms with Gasteiger partial charge < -0.3 is 0 Å². The van der Waals surface area contributed by atoms with Crippen LogP contribution in [0.25, 0.3) is 0 Å². The van der Waals surface area contributed by atoms with Gasteiger partial charge in [-0.15, -0.1) is 11.3 Å². The molecule has 3 rings (SSSR count). The zero-order valence-electron chi connectivity index (χ0n) is 15.6. The summed E-state index contributed by atoms with van der Waals surface area (Å²) in [4.78, 5) is 24.8. The predicted molar refractivity (Wildman–Crippen MR) is 112 cm³/mol. The standard InChI is InChI=1S/C19H22ClN3O4S2/c20-15-7-9-16(10-8-15)29(26,27)21-12-13-3-5-14(6-4-13)18(24)22-23-19(25)17-2-1-11-28-17/h1-2,7-11,13-14,21H,3-6,12H2,(H,22,24)(H,23,25). The largest absolute Gasteiger partial charge is 0.279 e. The number of sulfonamides is 1. The molecule has 0 saturated heterocycles. The Balaban J connectivity index is 1.41. The molecule has 10 heteroatoms. The second kappa shape index (κ2) is 9.71. The molecule has 29 heavy (non-hydrogen) atoms. The zero-order chi connectivity index (χ0) is 20.9. The number of amides is 2. The number of halogens is 1. The van der Waals surface area contributed by atoms with E-state index in [1.165, 1.54) is 35.6 Å². The monoisotopic (exact) mass is 455 g/mol. The van der Waals surface area contributed by atoms with E-state index in [4.69, 9.17) is 11.6 Å². The molecule has 156 valence electrons. The van der Waals surface area contributed by atoms with Crippen LogP contribution in [0, 0.1) is 11.8 Å². The average Bonchev–Trinajstić information content (AvgIpc) is 3.26. The Morgan fingerprint density at radius 2 is 1.72 bits per heavy atom. The smallest absolute Gasteiger partial charge is 0.273 e.